The van der Waals surface area contributed by atoms with Crippen LogP contribution in [0.2, 0.25) is 0 Å². The molecule has 1 aliphatic rings. The molecule has 1 aromatic heterocycles. The Morgan fingerprint density at radius 3 is 2.30 bits per heavy atom. The topological polar surface area (TPSA) is 63.3 Å². The third-order valence-corrected chi connectivity index (χ3v) is 4.05. The number of hydrogen-bond acceptors (Lipinski definition) is 4. The summed E-state index contributed by atoms with van der Waals surface area (Å²) in [5.41, 5.74) is -0.342. The molecule has 144 valence electrons. The van der Waals surface area contributed by atoms with Gasteiger partial charge in [0, 0.05) is 12.1 Å². The third-order valence-electron chi connectivity index (χ3n) is 4.05. The summed E-state index contributed by atoms with van der Waals surface area (Å²) in [6.45, 7) is 1.45. The van der Waals surface area contributed by atoms with Crippen LogP contribution in [0.15, 0.2) is 24.3 Å². The van der Waals surface area contributed by atoms with Crippen LogP contribution in [0.25, 0.3) is 0 Å². The van der Waals surface area contributed by atoms with Gasteiger partial charge in [0.05, 0.1) is 0 Å². The van der Waals surface area contributed by atoms with E-state index in [-0.39, 0.29) is 18.6 Å². The van der Waals surface area contributed by atoms with E-state index in [1.54, 1.807) is 31.2 Å². The van der Waals surface area contributed by atoms with Crippen LogP contribution in [0.1, 0.15) is 31.4 Å². The molecule has 1 unspecified atom stereocenters. The molecule has 9 heteroatoms. The highest BCUT2D eigenvalue weighted by Gasteiger charge is 2.24. The first-order valence-electron chi connectivity index (χ1n) is 8.33. The number of rotatable bonds is 7. The maximum absolute atomic E-state index is 13.7. The van der Waals surface area contributed by atoms with Gasteiger partial charge >= 0.3 is 0 Å². The Hall–Kier alpha value is -2.84. The molecule has 1 atom stereocenters. The average molecular weight is 383 g/mol. The summed E-state index contributed by atoms with van der Waals surface area (Å²) in [5.74, 6) is -6.40. The van der Waals surface area contributed by atoms with Crippen molar-refractivity contribution in [3.8, 4) is 5.75 Å². The molecule has 1 heterocycles. The summed E-state index contributed by atoms with van der Waals surface area (Å²) < 4.78 is 59.1. The second-order valence-corrected chi connectivity index (χ2v) is 6.26. The van der Waals surface area contributed by atoms with Crippen LogP contribution >= 0.6 is 0 Å². The molecule has 0 radical (unpaired) electrons. The van der Waals surface area contributed by atoms with E-state index in [1.165, 1.54) is 0 Å². The summed E-state index contributed by atoms with van der Waals surface area (Å²) in [5, 5.41) is 5.19. The van der Waals surface area contributed by atoms with Gasteiger partial charge in [-0.05, 0) is 37.5 Å². The number of pyridine rings is 1. The first-order valence-corrected chi connectivity index (χ1v) is 8.33. The van der Waals surface area contributed by atoms with Crippen LogP contribution in [-0.4, -0.2) is 23.5 Å². The van der Waals surface area contributed by atoms with Crippen molar-refractivity contribution in [2.75, 3.05) is 11.9 Å². The highest BCUT2D eigenvalue weighted by molar-refractivity contribution is 5.78. The molecule has 1 saturated carbocycles. The smallest absolute Gasteiger partial charge is 0.258 e. The summed E-state index contributed by atoms with van der Waals surface area (Å²) in [6, 6.07) is 5.96. The number of hydrogen-bond donors (Lipinski definition) is 2. The van der Waals surface area contributed by atoms with Gasteiger partial charge in [-0.15, -0.1) is 0 Å². The quantitative estimate of drug-likeness (QED) is 0.568. The lowest BCUT2D eigenvalue weighted by Crippen LogP contribution is -2.30. The maximum atomic E-state index is 13.7. The Balaban J connectivity index is 1.62. The van der Waals surface area contributed by atoms with Crippen LogP contribution in [0, 0.1) is 23.5 Å². The van der Waals surface area contributed by atoms with Crippen molar-refractivity contribution in [2.24, 2.45) is 0 Å². The van der Waals surface area contributed by atoms with Gasteiger partial charge in [-0.2, -0.15) is 22.5 Å². The zero-order chi connectivity index (χ0) is 19.6. The van der Waals surface area contributed by atoms with E-state index in [2.05, 4.69) is 15.6 Å². The second-order valence-electron chi connectivity index (χ2n) is 6.26. The number of carbonyl (C=O) groups is 1. The lowest BCUT2D eigenvalue weighted by Gasteiger charge is -2.17. The molecule has 1 aliphatic carbocycles. The number of halogens is 4. The van der Waals surface area contributed by atoms with Gasteiger partial charge in [0.1, 0.15) is 11.4 Å². The SMILES string of the molecule is CC(Nc1c(F)c(F)nc(F)c1F)c1ccc(OCC(=O)NC2CC2)cc1. The van der Waals surface area contributed by atoms with Crippen LogP contribution in [0.3, 0.4) is 0 Å². The van der Waals surface area contributed by atoms with Crippen molar-refractivity contribution in [3.05, 3.63) is 53.4 Å². The first kappa shape index (κ1) is 18.9. The molecule has 1 amide bonds. The molecule has 1 aromatic carbocycles. The van der Waals surface area contributed by atoms with Crippen molar-refractivity contribution in [1.82, 2.24) is 10.3 Å². The molecule has 5 nitrogen and oxygen atoms in total. The van der Waals surface area contributed by atoms with Gasteiger partial charge in [-0.25, -0.2) is 0 Å². The zero-order valence-electron chi connectivity index (χ0n) is 14.4. The Morgan fingerprint density at radius 2 is 1.74 bits per heavy atom. The number of nitrogens with one attached hydrogen (secondary N) is 2. The normalized spacial score (nSPS) is 14.6. The monoisotopic (exact) mass is 383 g/mol. The largest absolute Gasteiger partial charge is 0.484 e. The van der Waals surface area contributed by atoms with E-state index in [0.29, 0.717) is 11.3 Å². The van der Waals surface area contributed by atoms with E-state index < -0.39 is 35.3 Å². The van der Waals surface area contributed by atoms with Crippen molar-refractivity contribution < 1.29 is 27.1 Å². The summed E-state index contributed by atoms with van der Waals surface area (Å²) in [7, 11) is 0. The van der Waals surface area contributed by atoms with E-state index >= 15 is 0 Å². The van der Waals surface area contributed by atoms with E-state index in [4.69, 9.17) is 4.74 Å². The van der Waals surface area contributed by atoms with Crippen LogP contribution in [0.4, 0.5) is 23.2 Å². The van der Waals surface area contributed by atoms with Crippen molar-refractivity contribution >= 4 is 11.6 Å². The van der Waals surface area contributed by atoms with Crippen molar-refractivity contribution in [3.63, 3.8) is 0 Å². The molecule has 2 N–H and O–H groups in total. The average Bonchev–Trinajstić information content (AvgIpc) is 3.46. The summed E-state index contributed by atoms with van der Waals surface area (Å²) >= 11 is 0. The Morgan fingerprint density at radius 1 is 1.15 bits per heavy atom. The van der Waals surface area contributed by atoms with Gasteiger partial charge in [0.2, 0.25) is 11.6 Å². The third kappa shape index (κ3) is 4.66. The summed E-state index contributed by atoms with van der Waals surface area (Å²) in [6.07, 6.45) is 1.97. The number of carbonyl (C=O) groups excluding carboxylic acids is 1. The molecule has 0 spiro atoms. The number of nitrogens with zero attached hydrogens (tertiary/aromatic N) is 1. The fourth-order valence-corrected chi connectivity index (χ4v) is 2.41. The number of aromatic nitrogens is 1. The number of benzene rings is 1. The fraction of sp³-hybridized carbons (Fsp3) is 0.333. The molecule has 3 rings (SSSR count). The Bertz CT molecular complexity index is 815. The summed E-state index contributed by atoms with van der Waals surface area (Å²) in [4.78, 5) is 14.1. The minimum Gasteiger partial charge on any atom is -0.484 e. The Kier molecular flexibility index (Phi) is 5.48. The molecule has 0 bridgehead atoms. The molecule has 1 fully saturated rings. The number of amides is 1. The minimum atomic E-state index is -1.73. The predicted molar refractivity (Wildman–Crippen MR) is 89.2 cm³/mol. The van der Waals surface area contributed by atoms with Crippen molar-refractivity contribution in [1.29, 1.82) is 0 Å². The first-order chi connectivity index (χ1) is 12.8. The van der Waals surface area contributed by atoms with Gasteiger partial charge in [-0.1, -0.05) is 12.1 Å². The maximum Gasteiger partial charge on any atom is 0.258 e. The van der Waals surface area contributed by atoms with E-state index in [0.717, 1.165) is 12.8 Å². The minimum absolute atomic E-state index is 0.115. The zero-order valence-corrected chi connectivity index (χ0v) is 14.4. The second kappa shape index (κ2) is 7.81. The molecule has 0 saturated heterocycles. The molecule has 2 aromatic rings. The van der Waals surface area contributed by atoms with Gasteiger partial charge in [-0.3, -0.25) is 4.79 Å². The lowest BCUT2D eigenvalue weighted by atomic mass is 10.1. The van der Waals surface area contributed by atoms with E-state index in [9.17, 15) is 22.4 Å². The standard InChI is InChI=1S/C18H17F4N3O2/c1-9(23-16-14(19)17(21)25-18(22)15(16)20)10-2-6-12(7-3-10)27-8-13(26)24-11-4-5-11/h2-3,6-7,9,11H,4-5,8H2,1H3,(H,23,25)(H,24,26). The Labute approximate surface area is 152 Å². The molecular weight excluding hydrogens is 366 g/mol. The highest BCUT2D eigenvalue weighted by atomic mass is 19.2. The number of ether oxygens (including phenoxy) is 1. The van der Waals surface area contributed by atoms with E-state index in [1.807, 2.05) is 0 Å². The molecule has 0 aliphatic heterocycles. The number of anilines is 1. The van der Waals surface area contributed by atoms with Crippen LogP contribution in [-0.2, 0) is 4.79 Å². The lowest BCUT2D eigenvalue weighted by molar-refractivity contribution is -0.123. The molecular formula is C18H17F4N3O2. The van der Waals surface area contributed by atoms with Gasteiger partial charge in [0.25, 0.3) is 17.8 Å². The molecule has 27 heavy (non-hydrogen) atoms. The fourth-order valence-electron chi connectivity index (χ4n) is 2.41. The van der Waals surface area contributed by atoms with Gasteiger partial charge < -0.3 is 15.4 Å². The predicted octanol–water partition coefficient (Wildman–Crippen LogP) is 3.47. The van der Waals surface area contributed by atoms with Crippen LogP contribution < -0.4 is 15.4 Å². The van der Waals surface area contributed by atoms with Gasteiger partial charge in [0.15, 0.2) is 6.61 Å². The highest BCUT2D eigenvalue weighted by Crippen LogP contribution is 2.27. The van der Waals surface area contributed by atoms with Crippen LogP contribution in [0.5, 0.6) is 5.75 Å². The van der Waals surface area contributed by atoms with Crippen molar-refractivity contribution in [2.45, 2.75) is 31.8 Å².